The van der Waals surface area contributed by atoms with Crippen molar-refractivity contribution < 1.29 is 8.78 Å². The van der Waals surface area contributed by atoms with Crippen LogP contribution in [0.4, 0.5) is 14.5 Å². The van der Waals surface area contributed by atoms with Crippen LogP contribution in [-0.2, 0) is 0 Å². The predicted octanol–water partition coefficient (Wildman–Crippen LogP) is 3.13. The largest absolute Gasteiger partial charge is 0.365 e. The van der Waals surface area contributed by atoms with E-state index in [0.29, 0.717) is 13.1 Å². The second-order valence-corrected chi connectivity index (χ2v) is 5.50. The highest BCUT2D eigenvalue weighted by Gasteiger charge is 2.27. The van der Waals surface area contributed by atoms with Crippen LogP contribution < -0.4 is 15.5 Å². The number of aliphatic imine (C=N–C) groups is 1. The van der Waals surface area contributed by atoms with Gasteiger partial charge in [-0.3, -0.25) is 4.99 Å². The minimum atomic E-state index is -0.508. The van der Waals surface area contributed by atoms with Gasteiger partial charge in [0.25, 0.3) is 0 Å². The zero-order valence-electron chi connectivity index (χ0n) is 13.6. The third kappa shape index (κ3) is 5.47. The van der Waals surface area contributed by atoms with E-state index in [1.165, 1.54) is 18.2 Å². The zero-order valence-corrected chi connectivity index (χ0v) is 15.9. The Balaban J connectivity index is 0.00000264. The lowest BCUT2D eigenvalue weighted by Crippen LogP contribution is -2.44. The first-order valence-electron chi connectivity index (χ1n) is 7.81. The van der Waals surface area contributed by atoms with Crippen LogP contribution in [0.25, 0.3) is 0 Å². The Morgan fingerprint density at radius 3 is 2.65 bits per heavy atom. The molecule has 0 amide bonds. The highest BCUT2D eigenvalue weighted by atomic mass is 127. The molecular weight excluding hydrogens is 413 g/mol. The van der Waals surface area contributed by atoms with E-state index in [9.17, 15) is 8.78 Å². The normalized spacial score (nSPS) is 17.8. The first-order chi connectivity index (χ1) is 10.7. The molecule has 130 valence electrons. The van der Waals surface area contributed by atoms with Gasteiger partial charge in [-0.15, -0.1) is 24.0 Å². The molecule has 2 rings (SSSR count). The van der Waals surface area contributed by atoms with Gasteiger partial charge in [-0.2, -0.15) is 0 Å². The smallest absolute Gasteiger partial charge is 0.191 e. The molecule has 0 saturated carbocycles. The van der Waals surface area contributed by atoms with Crippen molar-refractivity contribution >= 4 is 35.6 Å². The van der Waals surface area contributed by atoms with Crippen molar-refractivity contribution in [1.29, 1.82) is 0 Å². The average molecular weight is 438 g/mol. The van der Waals surface area contributed by atoms with Gasteiger partial charge in [0.1, 0.15) is 17.3 Å². The number of hydrogen-bond acceptors (Lipinski definition) is 2. The number of nitrogens with one attached hydrogen (secondary N) is 2. The predicted molar refractivity (Wildman–Crippen MR) is 102 cm³/mol. The summed E-state index contributed by atoms with van der Waals surface area (Å²) in [5.41, 5.74) is 0.0701. The summed E-state index contributed by atoms with van der Waals surface area (Å²) in [6.45, 7) is 4.19. The Hall–Kier alpha value is -1.12. The lowest BCUT2D eigenvalue weighted by atomic mass is 10.2. The molecular formula is C16H25F2IN4. The van der Waals surface area contributed by atoms with Crippen LogP contribution >= 0.6 is 24.0 Å². The van der Waals surface area contributed by atoms with E-state index in [0.717, 1.165) is 31.8 Å². The van der Waals surface area contributed by atoms with Gasteiger partial charge in [-0.05, 0) is 25.0 Å². The van der Waals surface area contributed by atoms with Crippen LogP contribution in [0.1, 0.15) is 26.2 Å². The van der Waals surface area contributed by atoms with Crippen LogP contribution in [0, 0.1) is 11.6 Å². The number of hydrogen-bond donors (Lipinski definition) is 2. The molecule has 1 unspecified atom stereocenters. The van der Waals surface area contributed by atoms with Crippen molar-refractivity contribution in [3.63, 3.8) is 0 Å². The molecule has 1 aliphatic heterocycles. The van der Waals surface area contributed by atoms with Crippen LogP contribution in [0.15, 0.2) is 23.2 Å². The molecule has 2 N–H and O–H groups in total. The minimum Gasteiger partial charge on any atom is -0.365 e. The van der Waals surface area contributed by atoms with Crippen molar-refractivity contribution in [1.82, 2.24) is 10.6 Å². The number of nitrogens with zero attached hydrogens (tertiary/aromatic N) is 2. The number of halogens is 3. The second kappa shape index (κ2) is 9.89. The van der Waals surface area contributed by atoms with Crippen LogP contribution in [0.3, 0.4) is 0 Å². The molecule has 0 radical (unpaired) electrons. The van der Waals surface area contributed by atoms with Gasteiger partial charge in [-0.1, -0.05) is 19.4 Å². The molecule has 4 nitrogen and oxygen atoms in total. The summed E-state index contributed by atoms with van der Waals surface area (Å²) in [5.74, 6) is -0.272. The highest BCUT2D eigenvalue weighted by Crippen LogP contribution is 2.26. The fourth-order valence-corrected chi connectivity index (χ4v) is 2.64. The summed E-state index contributed by atoms with van der Waals surface area (Å²) in [7, 11) is 1.73. The molecule has 1 heterocycles. The number of benzene rings is 1. The maximum absolute atomic E-state index is 13.8. The van der Waals surface area contributed by atoms with Crippen molar-refractivity contribution in [3.8, 4) is 0 Å². The molecule has 0 spiro atoms. The molecule has 1 saturated heterocycles. The van der Waals surface area contributed by atoms with Gasteiger partial charge in [-0.25, -0.2) is 8.78 Å². The van der Waals surface area contributed by atoms with Gasteiger partial charge < -0.3 is 15.5 Å². The molecule has 1 atom stereocenters. The summed E-state index contributed by atoms with van der Waals surface area (Å²) in [6, 6.07) is 4.11. The van der Waals surface area contributed by atoms with E-state index in [-0.39, 0.29) is 35.7 Å². The third-order valence-corrected chi connectivity index (χ3v) is 3.83. The van der Waals surface area contributed by atoms with Gasteiger partial charge in [0, 0.05) is 32.7 Å². The molecule has 1 fully saturated rings. The van der Waals surface area contributed by atoms with Gasteiger partial charge in [0.2, 0.25) is 0 Å². The topological polar surface area (TPSA) is 39.7 Å². The fraction of sp³-hybridized carbons (Fsp3) is 0.562. The Bertz CT molecular complexity index is 505. The van der Waals surface area contributed by atoms with Gasteiger partial charge in [0.15, 0.2) is 5.96 Å². The first kappa shape index (κ1) is 19.9. The second-order valence-electron chi connectivity index (χ2n) is 5.50. The molecule has 1 aliphatic rings. The Kier molecular flexibility index (Phi) is 8.57. The van der Waals surface area contributed by atoms with E-state index in [4.69, 9.17) is 0 Å². The Morgan fingerprint density at radius 1 is 1.35 bits per heavy atom. The van der Waals surface area contributed by atoms with Crippen LogP contribution in [0.2, 0.25) is 0 Å². The monoisotopic (exact) mass is 438 g/mol. The number of unbranched alkanes of at least 4 members (excludes halogenated alkanes) is 1. The highest BCUT2D eigenvalue weighted by molar-refractivity contribution is 14.0. The quantitative estimate of drug-likeness (QED) is 0.321. The summed E-state index contributed by atoms with van der Waals surface area (Å²) < 4.78 is 27.7. The van der Waals surface area contributed by atoms with Crippen LogP contribution in [-0.4, -0.2) is 38.7 Å². The SMILES string of the molecule is CCCCNC(=NC)NC1CCN(c2c(F)cccc2F)C1.I. The summed E-state index contributed by atoms with van der Waals surface area (Å²) in [5, 5.41) is 6.56. The Morgan fingerprint density at radius 2 is 2.04 bits per heavy atom. The molecule has 1 aromatic carbocycles. The number of guanidine groups is 1. The van der Waals surface area contributed by atoms with E-state index >= 15 is 0 Å². The minimum absolute atomic E-state index is 0. The maximum Gasteiger partial charge on any atom is 0.191 e. The van der Waals surface area contributed by atoms with E-state index in [1.807, 2.05) is 0 Å². The average Bonchev–Trinajstić information content (AvgIpc) is 2.94. The van der Waals surface area contributed by atoms with Crippen LogP contribution in [0.5, 0.6) is 0 Å². The van der Waals surface area contributed by atoms with Crippen molar-refractivity contribution in [2.75, 3.05) is 31.6 Å². The lowest BCUT2D eigenvalue weighted by Gasteiger charge is -2.21. The first-order valence-corrected chi connectivity index (χ1v) is 7.81. The zero-order chi connectivity index (χ0) is 15.9. The van der Waals surface area contributed by atoms with Crippen molar-refractivity contribution in [3.05, 3.63) is 29.8 Å². The summed E-state index contributed by atoms with van der Waals surface area (Å²) >= 11 is 0. The third-order valence-electron chi connectivity index (χ3n) is 3.83. The molecule has 1 aromatic rings. The Labute approximate surface area is 153 Å². The molecule has 0 aromatic heterocycles. The van der Waals surface area contributed by atoms with Gasteiger partial charge in [0.05, 0.1) is 0 Å². The van der Waals surface area contributed by atoms with E-state index in [1.54, 1.807) is 11.9 Å². The van der Waals surface area contributed by atoms with Gasteiger partial charge >= 0.3 is 0 Å². The van der Waals surface area contributed by atoms with E-state index in [2.05, 4.69) is 22.5 Å². The maximum atomic E-state index is 13.8. The molecule has 7 heteroatoms. The number of rotatable bonds is 5. The van der Waals surface area contributed by atoms with Crippen molar-refractivity contribution in [2.45, 2.75) is 32.2 Å². The standard InChI is InChI=1S/C16H24F2N4.HI/c1-3-4-9-20-16(19-2)21-12-8-10-22(11-12)15-13(17)6-5-7-14(15)18;/h5-7,12H,3-4,8-11H2,1-2H3,(H2,19,20,21);1H. The molecule has 0 bridgehead atoms. The lowest BCUT2D eigenvalue weighted by molar-refractivity contribution is 0.575. The summed E-state index contributed by atoms with van der Waals surface area (Å²) in [6.07, 6.45) is 3.02. The van der Waals surface area contributed by atoms with Crippen molar-refractivity contribution in [2.24, 2.45) is 4.99 Å². The van der Waals surface area contributed by atoms with E-state index < -0.39 is 11.6 Å². The fourth-order valence-electron chi connectivity index (χ4n) is 2.64. The molecule has 23 heavy (non-hydrogen) atoms. The summed E-state index contributed by atoms with van der Waals surface area (Å²) in [4.78, 5) is 5.94. The number of anilines is 1. The molecule has 0 aliphatic carbocycles. The number of para-hydroxylation sites is 1.